The molecule has 170 valence electrons. The molecule has 0 saturated heterocycles. The summed E-state index contributed by atoms with van der Waals surface area (Å²) in [5, 5.41) is 2.45. The second kappa shape index (κ2) is 10.2. The quantitative estimate of drug-likeness (QED) is 0.253. The first-order valence-electron chi connectivity index (χ1n) is 11.6. The monoisotopic (exact) mass is 446 g/mol. The summed E-state index contributed by atoms with van der Waals surface area (Å²) >= 11 is 0. The van der Waals surface area contributed by atoms with E-state index in [1.807, 2.05) is 31.2 Å². The van der Waals surface area contributed by atoms with Gasteiger partial charge in [0.25, 0.3) is 0 Å². The fraction of sp³-hybridized carbons (Fsp3) is 0.267. The standard InChI is InChI=1S/C30H29F3/c1-20-13-15-23(16-14-20)30-28(32)17-25(18-29(30)33)24(19-31)10-5-7-21(2)26-12-6-9-22-8-3-4-11-27(22)26/h3-4,6,8-9,11-18,21,24H,5,7,10,19H2,1-2H3. The van der Waals surface area contributed by atoms with Crippen molar-refractivity contribution in [2.75, 3.05) is 6.67 Å². The Morgan fingerprint density at radius 3 is 2.15 bits per heavy atom. The molecule has 0 bridgehead atoms. The maximum atomic E-state index is 14.9. The Balaban J connectivity index is 1.46. The van der Waals surface area contributed by atoms with Gasteiger partial charge < -0.3 is 0 Å². The van der Waals surface area contributed by atoms with Gasteiger partial charge in [0.05, 0.1) is 12.2 Å². The van der Waals surface area contributed by atoms with Gasteiger partial charge in [-0.05, 0) is 65.3 Å². The first-order valence-corrected chi connectivity index (χ1v) is 11.6. The molecule has 0 amide bonds. The molecule has 0 aliphatic carbocycles. The lowest BCUT2D eigenvalue weighted by Gasteiger charge is -2.18. The van der Waals surface area contributed by atoms with E-state index < -0.39 is 24.2 Å². The first-order chi connectivity index (χ1) is 16.0. The van der Waals surface area contributed by atoms with E-state index in [1.54, 1.807) is 12.1 Å². The second-order valence-electron chi connectivity index (χ2n) is 8.98. The van der Waals surface area contributed by atoms with E-state index in [9.17, 15) is 13.2 Å². The summed E-state index contributed by atoms with van der Waals surface area (Å²) in [6, 6.07) is 24.3. The summed E-state index contributed by atoms with van der Waals surface area (Å²) in [7, 11) is 0. The van der Waals surface area contributed by atoms with Crippen LogP contribution in [0.25, 0.3) is 21.9 Å². The van der Waals surface area contributed by atoms with Crippen molar-refractivity contribution in [3.8, 4) is 11.1 Å². The van der Waals surface area contributed by atoms with Crippen molar-refractivity contribution in [1.82, 2.24) is 0 Å². The third kappa shape index (κ3) is 5.13. The van der Waals surface area contributed by atoms with Crippen LogP contribution in [-0.2, 0) is 0 Å². The highest BCUT2D eigenvalue weighted by atomic mass is 19.1. The molecule has 0 spiro atoms. The largest absolute Gasteiger partial charge is 0.250 e. The van der Waals surface area contributed by atoms with E-state index in [4.69, 9.17) is 0 Å². The normalized spacial score (nSPS) is 13.2. The van der Waals surface area contributed by atoms with Crippen LogP contribution in [0.5, 0.6) is 0 Å². The molecule has 2 unspecified atom stereocenters. The molecule has 4 aromatic carbocycles. The van der Waals surface area contributed by atoms with Crippen LogP contribution in [0.4, 0.5) is 13.2 Å². The van der Waals surface area contributed by atoms with Crippen molar-refractivity contribution in [3.05, 3.63) is 107 Å². The third-order valence-corrected chi connectivity index (χ3v) is 6.61. The minimum absolute atomic E-state index is 0.0547. The first kappa shape index (κ1) is 23.1. The minimum Gasteiger partial charge on any atom is -0.250 e. The summed E-state index contributed by atoms with van der Waals surface area (Å²) < 4.78 is 43.6. The van der Waals surface area contributed by atoms with Gasteiger partial charge in [-0.15, -0.1) is 0 Å². The third-order valence-electron chi connectivity index (χ3n) is 6.61. The molecule has 33 heavy (non-hydrogen) atoms. The highest BCUT2D eigenvalue weighted by Crippen LogP contribution is 2.34. The number of aryl methyl sites for hydroxylation is 1. The van der Waals surface area contributed by atoms with E-state index in [0.29, 0.717) is 23.5 Å². The average molecular weight is 447 g/mol. The summed E-state index contributed by atoms with van der Waals surface area (Å²) in [5.74, 6) is -1.48. The van der Waals surface area contributed by atoms with E-state index >= 15 is 0 Å². The summed E-state index contributed by atoms with van der Waals surface area (Å²) in [6.07, 6.45) is 2.22. The molecule has 0 saturated carbocycles. The van der Waals surface area contributed by atoms with E-state index in [1.165, 1.54) is 28.5 Å². The van der Waals surface area contributed by atoms with E-state index in [0.717, 1.165) is 18.4 Å². The molecule has 0 aromatic heterocycles. The van der Waals surface area contributed by atoms with Crippen LogP contribution in [0.2, 0.25) is 0 Å². The fourth-order valence-corrected chi connectivity index (χ4v) is 4.66. The zero-order valence-corrected chi connectivity index (χ0v) is 19.1. The number of alkyl halides is 1. The smallest absolute Gasteiger partial charge is 0.134 e. The van der Waals surface area contributed by atoms with Gasteiger partial charge in [0, 0.05) is 5.92 Å². The maximum Gasteiger partial charge on any atom is 0.134 e. The van der Waals surface area contributed by atoms with Crippen LogP contribution in [0.15, 0.2) is 78.9 Å². The lowest BCUT2D eigenvalue weighted by Crippen LogP contribution is -2.05. The van der Waals surface area contributed by atoms with Gasteiger partial charge in [-0.3, -0.25) is 4.39 Å². The number of hydrogen-bond donors (Lipinski definition) is 0. The Kier molecular flexibility index (Phi) is 7.17. The molecular weight excluding hydrogens is 417 g/mol. The minimum atomic E-state index is -0.642. The van der Waals surface area contributed by atoms with Crippen LogP contribution in [0.3, 0.4) is 0 Å². The molecule has 0 heterocycles. The van der Waals surface area contributed by atoms with Gasteiger partial charge in [0.2, 0.25) is 0 Å². The Morgan fingerprint density at radius 2 is 1.45 bits per heavy atom. The number of benzene rings is 4. The van der Waals surface area contributed by atoms with Crippen molar-refractivity contribution in [2.24, 2.45) is 0 Å². The molecule has 0 aliphatic heterocycles. The molecule has 0 radical (unpaired) electrons. The zero-order valence-electron chi connectivity index (χ0n) is 19.1. The number of rotatable bonds is 8. The lowest BCUT2D eigenvalue weighted by molar-refractivity contribution is 0.400. The summed E-state index contributed by atoms with van der Waals surface area (Å²) in [5.41, 5.74) is 3.13. The van der Waals surface area contributed by atoms with Crippen molar-refractivity contribution in [3.63, 3.8) is 0 Å². The van der Waals surface area contributed by atoms with Crippen LogP contribution in [-0.4, -0.2) is 6.67 Å². The van der Waals surface area contributed by atoms with E-state index in [-0.39, 0.29) is 5.56 Å². The Morgan fingerprint density at radius 1 is 0.788 bits per heavy atom. The van der Waals surface area contributed by atoms with Gasteiger partial charge in [-0.1, -0.05) is 85.6 Å². The van der Waals surface area contributed by atoms with Gasteiger partial charge in [0.1, 0.15) is 11.6 Å². The maximum absolute atomic E-state index is 14.9. The van der Waals surface area contributed by atoms with Crippen LogP contribution in [0.1, 0.15) is 54.7 Å². The Hall–Kier alpha value is -3.07. The van der Waals surface area contributed by atoms with Crippen LogP contribution < -0.4 is 0 Å². The van der Waals surface area contributed by atoms with Crippen molar-refractivity contribution < 1.29 is 13.2 Å². The molecule has 4 rings (SSSR count). The fourth-order valence-electron chi connectivity index (χ4n) is 4.66. The molecule has 0 N–H and O–H groups in total. The van der Waals surface area contributed by atoms with Gasteiger partial charge in [-0.2, -0.15) is 0 Å². The topological polar surface area (TPSA) is 0 Å². The van der Waals surface area contributed by atoms with E-state index in [2.05, 4.69) is 37.3 Å². The Bertz CT molecular complexity index is 1200. The summed E-state index contributed by atoms with van der Waals surface area (Å²) in [6.45, 7) is 3.47. The van der Waals surface area contributed by atoms with Gasteiger partial charge in [0.15, 0.2) is 0 Å². The lowest BCUT2D eigenvalue weighted by atomic mass is 9.87. The van der Waals surface area contributed by atoms with Crippen LogP contribution in [0, 0.1) is 18.6 Å². The molecule has 3 heteroatoms. The molecule has 0 aliphatic rings. The molecule has 0 fully saturated rings. The summed E-state index contributed by atoms with van der Waals surface area (Å²) in [4.78, 5) is 0. The second-order valence-corrected chi connectivity index (χ2v) is 8.98. The van der Waals surface area contributed by atoms with Crippen molar-refractivity contribution >= 4 is 10.8 Å². The highest BCUT2D eigenvalue weighted by Gasteiger charge is 2.19. The predicted octanol–water partition coefficient (Wildman–Crippen LogP) is 9.12. The molecule has 0 nitrogen and oxygen atoms in total. The van der Waals surface area contributed by atoms with Gasteiger partial charge >= 0.3 is 0 Å². The molecular formula is C30H29F3. The molecule has 2 atom stereocenters. The average Bonchev–Trinajstić information content (AvgIpc) is 2.82. The van der Waals surface area contributed by atoms with Crippen LogP contribution >= 0.6 is 0 Å². The van der Waals surface area contributed by atoms with Crippen molar-refractivity contribution in [2.45, 2.75) is 44.9 Å². The SMILES string of the molecule is Cc1ccc(-c2c(F)cc(C(CF)CCCC(C)c3cccc4ccccc34)cc2F)cc1. The number of hydrogen-bond acceptors (Lipinski definition) is 0. The number of halogens is 3. The number of fused-ring (bicyclic) bond motifs is 1. The predicted molar refractivity (Wildman–Crippen MR) is 131 cm³/mol. The Labute approximate surface area is 194 Å². The van der Waals surface area contributed by atoms with Gasteiger partial charge in [-0.25, -0.2) is 8.78 Å². The van der Waals surface area contributed by atoms with Crippen molar-refractivity contribution in [1.29, 1.82) is 0 Å². The molecule has 4 aromatic rings. The highest BCUT2D eigenvalue weighted by molar-refractivity contribution is 5.86. The zero-order chi connectivity index (χ0) is 23.4.